The van der Waals surface area contributed by atoms with E-state index in [9.17, 15) is 14.4 Å². The van der Waals surface area contributed by atoms with Crippen molar-refractivity contribution in [1.82, 2.24) is 14.7 Å². The molecule has 9 nitrogen and oxygen atoms in total. The molecule has 3 aromatic rings. The van der Waals surface area contributed by atoms with Crippen LogP contribution in [-0.4, -0.2) is 52.3 Å². The fourth-order valence-electron chi connectivity index (χ4n) is 3.74. The van der Waals surface area contributed by atoms with Crippen molar-refractivity contribution < 1.29 is 19.1 Å². The maximum Gasteiger partial charge on any atom is 0.338 e. The van der Waals surface area contributed by atoms with E-state index in [1.165, 1.54) is 4.90 Å². The van der Waals surface area contributed by atoms with Crippen LogP contribution in [0.25, 0.3) is 5.69 Å². The van der Waals surface area contributed by atoms with Gasteiger partial charge in [0.25, 0.3) is 0 Å². The molecule has 214 valence electrons. The van der Waals surface area contributed by atoms with Gasteiger partial charge in [-0.05, 0) is 67.8 Å². The number of carbonyl (C=O) groups excluding carboxylic acids is 3. The molecule has 0 aliphatic heterocycles. The van der Waals surface area contributed by atoms with Gasteiger partial charge >= 0.3 is 12.0 Å². The molecule has 2 N–H and O–H groups in total. The van der Waals surface area contributed by atoms with E-state index in [0.717, 1.165) is 17.8 Å². The summed E-state index contributed by atoms with van der Waals surface area (Å²) in [6.07, 6.45) is 0.722. The maximum atomic E-state index is 13.3. The number of hydrogen-bond donors (Lipinski definition) is 2. The highest BCUT2D eigenvalue weighted by Gasteiger charge is 2.23. The molecular formula is C30H38ClN5O4. The molecule has 1 heterocycles. The fourth-order valence-corrected chi connectivity index (χ4v) is 3.87. The number of rotatable bonds is 10. The van der Waals surface area contributed by atoms with E-state index in [1.54, 1.807) is 48.0 Å². The van der Waals surface area contributed by atoms with Crippen LogP contribution in [0.2, 0.25) is 5.02 Å². The van der Waals surface area contributed by atoms with E-state index < -0.39 is 12.0 Å². The second-order valence-electron chi connectivity index (χ2n) is 10.9. The van der Waals surface area contributed by atoms with Gasteiger partial charge in [0.2, 0.25) is 5.91 Å². The van der Waals surface area contributed by atoms with Crippen LogP contribution in [0.4, 0.5) is 16.3 Å². The molecule has 0 atom stereocenters. The highest BCUT2D eigenvalue weighted by molar-refractivity contribution is 6.30. The molecule has 1 aromatic heterocycles. The number of ether oxygens (including phenoxy) is 1. The van der Waals surface area contributed by atoms with Gasteiger partial charge in [-0.2, -0.15) is 5.10 Å². The number of nitrogens with zero attached hydrogens (tertiary/aromatic N) is 3. The number of halogens is 1. The summed E-state index contributed by atoms with van der Waals surface area (Å²) in [7, 11) is 0. The summed E-state index contributed by atoms with van der Waals surface area (Å²) in [6, 6.07) is 15.0. The van der Waals surface area contributed by atoms with E-state index in [-0.39, 0.29) is 24.5 Å². The van der Waals surface area contributed by atoms with Crippen LogP contribution in [0.1, 0.15) is 64.0 Å². The van der Waals surface area contributed by atoms with Gasteiger partial charge in [0.05, 0.1) is 23.6 Å². The van der Waals surface area contributed by atoms with Crippen molar-refractivity contribution in [2.75, 3.05) is 30.3 Å². The van der Waals surface area contributed by atoms with E-state index in [2.05, 4.69) is 24.5 Å². The molecule has 2 aromatic carbocycles. The molecule has 0 unspecified atom stereocenters. The van der Waals surface area contributed by atoms with Gasteiger partial charge in [-0.25, -0.2) is 14.3 Å². The van der Waals surface area contributed by atoms with Crippen molar-refractivity contribution in [2.45, 2.75) is 53.4 Å². The average molecular weight is 568 g/mol. The SMILES string of the molecule is CCOC(=O)c1ccc(NC(=O)N(CCC(C)C)CC(=O)Nc2cc(C(C)(C)C)nn2-c2ccc(Cl)cc2)cc1. The van der Waals surface area contributed by atoms with E-state index in [1.807, 2.05) is 39.0 Å². The fraction of sp³-hybridized carbons (Fsp3) is 0.400. The third-order valence-corrected chi connectivity index (χ3v) is 6.31. The van der Waals surface area contributed by atoms with Gasteiger partial charge in [0.1, 0.15) is 12.4 Å². The van der Waals surface area contributed by atoms with Crippen LogP contribution in [0.15, 0.2) is 54.6 Å². The lowest BCUT2D eigenvalue weighted by molar-refractivity contribution is -0.116. The van der Waals surface area contributed by atoms with Crippen molar-refractivity contribution >= 4 is 41.0 Å². The van der Waals surface area contributed by atoms with Gasteiger partial charge in [-0.1, -0.05) is 46.2 Å². The second kappa shape index (κ2) is 13.5. The van der Waals surface area contributed by atoms with Crippen molar-refractivity contribution in [3.63, 3.8) is 0 Å². The number of amides is 3. The first-order valence-electron chi connectivity index (χ1n) is 13.4. The smallest absolute Gasteiger partial charge is 0.338 e. The number of urea groups is 1. The van der Waals surface area contributed by atoms with Crippen LogP contribution < -0.4 is 10.6 Å². The van der Waals surface area contributed by atoms with Crippen LogP contribution in [-0.2, 0) is 14.9 Å². The van der Waals surface area contributed by atoms with Gasteiger partial charge in [0.15, 0.2) is 0 Å². The molecule has 0 bridgehead atoms. The zero-order chi connectivity index (χ0) is 29.4. The summed E-state index contributed by atoms with van der Waals surface area (Å²) in [5.74, 6) is 0.0501. The van der Waals surface area contributed by atoms with Gasteiger partial charge in [-0.3, -0.25) is 4.79 Å². The number of benzene rings is 2. The van der Waals surface area contributed by atoms with Crippen LogP contribution in [0, 0.1) is 5.92 Å². The summed E-state index contributed by atoms with van der Waals surface area (Å²) in [6.45, 7) is 12.5. The number of carbonyl (C=O) groups is 3. The number of aromatic nitrogens is 2. The quantitative estimate of drug-likeness (QED) is 0.271. The Balaban J connectivity index is 1.77. The molecule has 3 amide bonds. The minimum Gasteiger partial charge on any atom is -0.462 e. The number of nitrogens with one attached hydrogen (secondary N) is 2. The zero-order valence-electron chi connectivity index (χ0n) is 24.0. The topological polar surface area (TPSA) is 106 Å². The maximum absolute atomic E-state index is 13.3. The van der Waals surface area contributed by atoms with Crippen LogP contribution in [0.5, 0.6) is 0 Å². The first-order valence-corrected chi connectivity index (χ1v) is 13.7. The summed E-state index contributed by atoms with van der Waals surface area (Å²) in [5, 5.41) is 11.1. The van der Waals surface area contributed by atoms with Crippen LogP contribution >= 0.6 is 11.6 Å². The first kappa shape index (κ1) is 30.7. The molecule has 0 aliphatic carbocycles. The summed E-state index contributed by atoms with van der Waals surface area (Å²) in [5.41, 5.74) is 2.20. The molecule has 0 saturated heterocycles. The zero-order valence-corrected chi connectivity index (χ0v) is 24.7. The standard InChI is InChI=1S/C30H38ClN5O4/c1-7-40-28(38)21-8-12-23(13-9-21)32-29(39)35(17-16-20(2)3)19-27(37)33-26-18-25(30(4,5)6)34-36(26)24-14-10-22(31)11-15-24/h8-15,18,20H,7,16-17,19H2,1-6H3,(H,32,39)(H,33,37). The van der Waals surface area contributed by atoms with Gasteiger partial charge < -0.3 is 20.3 Å². The first-order chi connectivity index (χ1) is 18.9. The molecule has 0 radical (unpaired) electrons. The van der Waals surface area contributed by atoms with E-state index in [4.69, 9.17) is 21.4 Å². The molecule has 0 aliphatic rings. The summed E-state index contributed by atoms with van der Waals surface area (Å²) < 4.78 is 6.67. The molecule has 3 rings (SSSR count). The largest absolute Gasteiger partial charge is 0.462 e. The summed E-state index contributed by atoms with van der Waals surface area (Å²) in [4.78, 5) is 39.9. The Hall–Kier alpha value is -3.85. The van der Waals surface area contributed by atoms with E-state index in [0.29, 0.717) is 34.6 Å². The van der Waals surface area contributed by atoms with Crippen molar-refractivity contribution in [2.24, 2.45) is 5.92 Å². The molecule has 0 saturated carbocycles. The van der Waals surface area contributed by atoms with Crippen molar-refractivity contribution in [3.8, 4) is 5.69 Å². The third kappa shape index (κ3) is 8.58. The lowest BCUT2D eigenvalue weighted by Crippen LogP contribution is -2.41. The minimum absolute atomic E-state index is 0.157. The van der Waals surface area contributed by atoms with Crippen molar-refractivity contribution in [1.29, 1.82) is 0 Å². The Morgan fingerprint density at radius 1 is 1.02 bits per heavy atom. The van der Waals surface area contributed by atoms with Crippen molar-refractivity contribution in [3.05, 3.63) is 70.9 Å². The van der Waals surface area contributed by atoms with Crippen LogP contribution in [0.3, 0.4) is 0 Å². The average Bonchev–Trinajstić information content (AvgIpc) is 3.31. The Labute approximate surface area is 240 Å². The monoisotopic (exact) mass is 567 g/mol. The lowest BCUT2D eigenvalue weighted by atomic mass is 9.92. The predicted molar refractivity (Wildman–Crippen MR) is 158 cm³/mol. The number of hydrogen-bond acceptors (Lipinski definition) is 5. The second-order valence-corrected chi connectivity index (χ2v) is 11.4. The lowest BCUT2D eigenvalue weighted by Gasteiger charge is -2.23. The Bertz CT molecular complexity index is 1310. The molecule has 0 fully saturated rings. The predicted octanol–water partition coefficient (Wildman–Crippen LogP) is 6.52. The summed E-state index contributed by atoms with van der Waals surface area (Å²) >= 11 is 6.07. The normalized spacial score (nSPS) is 11.3. The van der Waals surface area contributed by atoms with Gasteiger partial charge in [-0.15, -0.1) is 0 Å². The minimum atomic E-state index is -0.428. The molecule has 0 spiro atoms. The Morgan fingerprint density at radius 3 is 2.25 bits per heavy atom. The molecule has 40 heavy (non-hydrogen) atoms. The molecule has 10 heteroatoms. The number of esters is 1. The highest BCUT2D eigenvalue weighted by Crippen LogP contribution is 2.27. The van der Waals surface area contributed by atoms with Gasteiger partial charge in [0, 0.05) is 28.7 Å². The van der Waals surface area contributed by atoms with E-state index >= 15 is 0 Å². The Morgan fingerprint density at radius 2 is 1.68 bits per heavy atom. The third-order valence-electron chi connectivity index (χ3n) is 6.06. The number of anilines is 2. The highest BCUT2D eigenvalue weighted by atomic mass is 35.5. The Kier molecular flexibility index (Phi) is 10.3. The molecular weight excluding hydrogens is 530 g/mol.